The molecule has 0 aliphatic heterocycles. The molecule has 3 aromatic carbocycles. The van der Waals surface area contributed by atoms with E-state index in [1.54, 1.807) is 7.11 Å². The summed E-state index contributed by atoms with van der Waals surface area (Å²) in [5.74, 6) is 0.809. The quantitative estimate of drug-likeness (QED) is 0.405. The van der Waals surface area contributed by atoms with E-state index in [0.717, 1.165) is 33.6 Å². The zero-order valence-corrected chi connectivity index (χ0v) is 11.8. The van der Waals surface area contributed by atoms with Crippen LogP contribution in [0.5, 0.6) is 5.75 Å². The molecule has 0 amide bonds. The molecule has 106 valence electrons. The first-order valence-electron chi connectivity index (χ1n) is 6.86. The number of carbonyl (C=O) groups excluding carboxylic acids is 1. The molecule has 0 heterocycles. The number of benzene rings is 3. The second-order valence-electron chi connectivity index (χ2n) is 4.83. The fourth-order valence-corrected chi connectivity index (χ4v) is 2.56. The Morgan fingerprint density at radius 2 is 1.76 bits per heavy atom. The molecule has 0 fully saturated rings. The van der Waals surface area contributed by atoms with Gasteiger partial charge in [-0.25, -0.2) is 0 Å². The third kappa shape index (κ3) is 2.48. The summed E-state index contributed by atoms with van der Waals surface area (Å²) in [6.07, 6.45) is 0.885. The van der Waals surface area contributed by atoms with Crippen LogP contribution in [0.1, 0.15) is 10.4 Å². The third-order valence-electron chi connectivity index (χ3n) is 3.55. The minimum atomic E-state index is 0.477. The molecule has 3 aromatic rings. The molecule has 3 rings (SSSR count). The summed E-state index contributed by atoms with van der Waals surface area (Å²) >= 11 is 0. The Morgan fingerprint density at radius 3 is 2.57 bits per heavy atom. The Hall–Kier alpha value is -2.39. The van der Waals surface area contributed by atoms with Crippen LogP contribution in [0.25, 0.3) is 21.5 Å². The van der Waals surface area contributed by atoms with Crippen molar-refractivity contribution < 1.29 is 14.3 Å². The first-order chi connectivity index (χ1) is 10.3. The number of aldehydes is 1. The van der Waals surface area contributed by atoms with Gasteiger partial charge in [-0.05, 0) is 16.8 Å². The number of methoxy groups -OCH3 is 1. The van der Waals surface area contributed by atoms with Crippen molar-refractivity contribution in [2.24, 2.45) is 0 Å². The van der Waals surface area contributed by atoms with Gasteiger partial charge in [0.05, 0.1) is 6.61 Å². The summed E-state index contributed by atoms with van der Waals surface area (Å²) in [6, 6.07) is 15.8. The monoisotopic (exact) mass is 280 g/mol. The topological polar surface area (TPSA) is 35.5 Å². The predicted octanol–water partition coefficient (Wildman–Crippen LogP) is 3.83. The van der Waals surface area contributed by atoms with Crippen LogP contribution in [0.4, 0.5) is 0 Å². The molecule has 0 atom stereocenters. The normalized spacial score (nSPS) is 10.9. The molecule has 0 spiro atoms. The van der Waals surface area contributed by atoms with Crippen molar-refractivity contribution in [2.75, 3.05) is 20.3 Å². The molecule has 21 heavy (non-hydrogen) atoms. The zero-order valence-electron chi connectivity index (χ0n) is 11.8. The minimum Gasteiger partial charge on any atom is -0.490 e. The van der Waals surface area contributed by atoms with E-state index in [-0.39, 0.29) is 0 Å². The van der Waals surface area contributed by atoms with E-state index in [1.807, 2.05) is 48.5 Å². The maximum absolute atomic E-state index is 11.3. The Morgan fingerprint density at radius 1 is 0.952 bits per heavy atom. The Bertz CT molecular complexity index is 793. The van der Waals surface area contributed by atoms with Gasteiger partial charge in [-0.1, -0.05) is 42.5 Å². The minimum absolute atomic E-state index is 0.477. The summed E-state index contributed by atoms with van der Waals surface area (Å²) in [4.78, 5) is 11.3. The fourth-order valence-electron chi connectivity index (χ4n) is 2.56. The Kier molecular flexibility index (Phi) is 3.84. The summed E-state index contributed by atoms with van der Waals surface area (Å²) in [5, 5.41) is 3.98. The Labute approximate surface area is 123 Å². The lowest BCUT2D eigenvalue weighted by molar-refractivity contribution is 0.112. The van der Waals surface area contributed by atoms with E-state index in [9.17, 15) is 4.79 Å². The number of rotatable bonds is 5. The lowest BCUT2D eigenvalue weighted by atomic mass is 9.99. The van der Waals surface area contributed by atoms with Crippen molar-refractivity contribution in [2.45, 2.75) is 0 Å². The third-order valence-corrected chi connectivity index (χ3v) is 3.55. The molecule has 0 N–H and O–H groups in total. The van der Waals surface area contributed by atoms with E-state index >= 15 is 0 Å². The maximum Gasteiger partial charge on any atom is 0.150 e. The van der Waals surface area contributed by atoms with Gasteiger partial charge in [-0.3, -0.25) is 4.79 Å². The molecule has 3 nitrogen and oxygen atoms in total. The average molecular weight is 280 g/mol. The van der Waals surface area contributed by atoms with Crippen molar-refractivity contribution in [3.63, 3.8) is 0 Å². The summed E-state index contributed by atoms with van der Waals surface area (Å²) in [5.41, 5.74) is 0.676. The predicted molar refractivity (Wildman–Crippen MR) is 84.2 cm³/mol. The van der Waals surface area contributed by atoms with E-state index < -0.39 is 0 Å². The number of carbonyl (C=O) groups is 1. The van der Waals surface area contributed by atoms with Crippen molar-refractivity contribution in [3.05, 3.63) is 54.1 Å². The van der Waals surface area contributed by atoms with Gasteiger partial charge in [0.2, 0.25) is 0 Å². The van der Waals surface area contributed by atoms with Crippen LogP contribution in [0.15, 0.2) is 48.5 Å². The fraction of sp³-hybridized carbons (Fsp3) is 0.167. The summed E-state index contributed by atoms with van der Waals surface area (Å²) in [7, 11) is 1.65. The maximum atomic E-state index is 11.3. The molecule has 0 radical (unpaired) electrons. The van der Waals surface area contributed by atoms with Crippen molar-refractivity contribution in [3.8, 4) is 5.75 Å². The SMILES string of the molecule is COCCOc1c2ccccc2cc2c(C=O)cccc12. The number of hydrogen-bond acceptors (Lipinski definition) is 3. The van der Waals surface area contributed by atoms with E-state index in [0.29, 0.717) is 18.8 Å². The lowest BCUT2D eigenvalue weighted by Crippen LogP contribution is -2.05. The van der Waals surface area contributed by atoms with E-state index in [2.05, 4.69) is 0 Å². The van der Waals surface area contributed by atoms with Crippen molar-refractivity contribution in [1.82, 2.24) is 0 Å². The highest BCUT2D eigenvalue weighted by Crippen LogP contribution is 2.35. The van der Waals surface area contributed by atoms with Crippen LogP contribution in [-0.4, -0.2) is 26.6 Å². The molecule has 0 saturated heterocycles. The second-order valence-corrected chi connectivity index (χ2v) is 4.83. The van der Waals surface area contributed by atoms with Gasteiger partial charge in [-0.15, -0.1) is 0 Å². The molecule has 3 heteroatoms. The van der Waals surface area contributed by atoms with Crippen molar-refractivity contribution in [1.29, 1.82) is 0 Å². The average Bonchev–Trinajstić information content (AvgIpc) is 2.54. The second kappa shape index (κ2) is 5.94. The highest BCUT2D eigenvalue weighted by atomic mass is 16.5. The van der Waals surface area contributed by atoms with Gasteiger partial charge in [0.1, 0.15) is 12.4 Å². The number of hydrogen-bond donors (Lipinski definition) is 0. The zero-order chi connectivity index (χ0) is 14.7. The van der Waals surface area contributed by atoms with Gasteiger partial charge in [0, 0.05) is 23.4 Å². The standard InChI is InChI=1S/C18H16O3/c1-20-9-10-21-18-15-7-3-2-5-13(15)11-17-14(12-19)6-4-8-16(17)18/h2-8,11-12H,9-10H2,1H3. The molecular formula is C18H16O3. The molecule has 0 saturated carbocycles. The van der Waals surface area contributed by atoms with Crippen LogP contribution in [-0.2, 0) is 4.74 Å². The lowest BCUT2D eigenvalue weighted by Gasteiger charge is -2.13. The van der Waals surface area contributed by atoms with E-state index in [4.69, 9.17) is 9.47 Å². The van der Waals surface area contributed by atoms with Crippen LogP contribution < -0.4 is 4.74 Å². The number of fused-ring (bicyclic) bond motifs is 2. The van der Waals surface area contributed by atoms with Gasteiger partial charge in [0.25, 0.3) is 0 Å². The highest BCUT2D eigenvalue weighted by molar-refractivity contribution is 6.10. The van der Waals surface area contributed by atoms with Gasteiger partial charge < -0.3 is 9.47 Å². The van der Waals surface area contributed by atoms with Gasteiger partial charge >= 0.3 is 0 Å². The van der Waals surface area contributed by atoms with Crippen LogP contribution in [0.3, 0.4) is 0 Å². The highest BCUT2D eigenvalue weighted by Gasteiger charge is 2.11. The van der Waals surface area contributed by atoms with Crippen LogP contribution >= 0.6 is 0 Å². The number of ether oxygens (including phenoxy) is 2. The molecule has 0 aliphatic rings. The molecule has 0 bridgehead atoms. The van der Waals surface area contributed by atoms with E-state index in [1.165, 1.54) is 0 Å². The summed E-state index contributed by atoms with van der Waals surface area (Å²) in [6.45, 7) is 1.00. The van der Waals surface area contributed by atoms with Gasteiger partial charge in [-0.2, -0.15) is 0 Å². The first-order valence-corrected chi connectivity index (χ1v) is 6.86. The molecule has 0 aliphatic carbocycles. The summed E-state index contributed by atoms with van der Waals surface area (Å²) < 4.78 is 11.0. The Balaban J connectivity index is 2.28. The smallest absolute Gasteiger partial charge is 0.150 e. The largest absolute Gasteiger partial charge is 0.490 e. The van der Waals surface area contributed by atoms with Crippen molar-refractivity contribution >= 4 is 27.8 Å². The van der Waals surface area contributed by atoms with Gasteiger partial charge in [0.15, 0.2) is 6.29 Å². The first kappa shape index (κ1) is 13.6. The van der Waals surface area contributed by atoms with Crippen LogP contribution in [0, 0.1) is 0 Å². The molecule has 0 aromatic heterocycles. The molecular weight excluding hydrogens is 264 g/mol. The molecule has 0 unspecified atom stereocenters. The van der Waals surface area contributed by atoms with Crippen LogP contribution in [0.2, 0.25) is 0 Å².